The lowest BCUT2D eigenvalue weighted by molar-refractivity contribution is 0.0853. The van der Waals surface area contributed by atoms with Crippen molar-refractivity contribution in [2.24, 2.45) is 7.05 Å². The summed E-state index contributed by atoms with van der Waals surface area (Å²) < 4.78 is 7.37. The summed E-state index contributed by atoms with van der Waals surface area (Å²) in [7, 11) is 4.08. The lowest BCUT2D eigenvalue weighted by Crippen LogP contribution is -2.37. The average Bonchev–Trinajstić information content (AvgIpc) is 3.13. The van der Waals surface area contributed by atoms with Gasteiger partial charge in [0.15, 0.2) is 0 Å². The number of aryl methyl sites for hydroxylation is 2. The van der Waals surface area contributed by atoms with Crippen molar-refractivity contribution in [3.63, 3.8) is 0 Å². The van der Waals surface area contributed by atoms with Gasteiger partial charge in [0.1, 0.15) is 17.5 Å². The third kappa shape index (κ3) is 4.46. The SMILES string of the molecule is Cc1ccnc(Nc2cc(C(C)c3ccnc(N(C)C4CCOCC4)c3)nn2C)c1. The van der Waals surface area contributed by atoms with Crippen LogP contribution in [-0.2, 0) is 11.8 Å². The highest BCUT2D eigenvalue weighted by molar-refractivity contribution is 5.54. The number of hydrogen-bond donors (Lipinski definition) is 1. The standard InChI is InChI=1S/C23H30N6O/c1-16-5-9-24-21(13-16)26-23-15-20(27-29(23)4)17(2)18-6-10-25-22(14-18)28(3)19-7-11-30-12-8-19/h5-6,9-10,13-15,17,19H,7-8,11-12H2,1-4H3,(H,24,26). The Labute approximate surface area is 178 Å². The Morgan fingerprint density at radius 1 is 1.13 bits per heavy atom. The third-order valence-electron chi connectivity index (χ3n) is 5.88. The van der Waals surface area contributed by atoms with Crippen LogP contribution in [0, 0.1) is 6.92 Å². The Bertz CT molecular complexity index is 995. The van der Waals surface area contributed by atoms with Gasteiger partial charge in [0.2, 0.25) is 0 Å². The molecule has 3 aromatic heterocycles. The maximum absolute atomic E-state index is 5.50. The topological polar surface area (TPSA) is 68.1 Å². The van der Waals surface area contributed by atoms with Gasteiger partial charge in [0.05, 0.1) is 5.69 Å². The molecule has 1 saturated heterocycles. The second kappa shape index (κ2) is 8.83. The summed E-state index contributed by atoms with van der Waals surface area (Å²) in [5.74, 6) is 2.90. The van der Waals surface area contributed by atoms with E-state index < -0.39 is 0 Å². The molecule has 0 amide bonds. The van der Waals surface area contributed by atoms with Crippen molar-refractivity contribution in [3.05, 3.63) is 59.5 Å². The lowest BCUT2D eigenvalue weighted by Gasteiger charge is -2.32. The van der Waals surface area contributed by atoms with Crippen LogP contribution in [0.2, 0.25) is 0 Å². The van der Waals surface area contributed by atoms with Gasteiger partial charge in [-0.2, -0.15) is 5.10 Å². The molecular formula is C23H30N6O. The van der Waals surface area contributed by atoms with Gasteiger partial charge in [-0.1, -0.05) is 6.92 Å². The number of nitrogens with one attached hydrogen (secondary N) is 1. The first-order chi connectivity index (χ1) is 14.5. The van der Waals surface area contributed by atoms with Crippen LogP contribution in [0.15, 0.2) is 42.7 Å². The number of nitrogens with zero attached hydrogens (tertiary/aromatic N) is 5. The molecule has 4 rings (SSSR count). The van der Waals surface area contributed by atoms with E-state index in [9.17, 15) is 0 Å². The molecule has 1 atom stereocenters. The predicted octanol–water partition coefficient (Wildman–Crippen LogP) is 4.03. The molecule has 0 saturated carbocycles. The maximum atomic E-state index is 5.50. The Kier molecular flexibility index (Phi) is 5.99. The lowest BCUT2D eigenvalue weighted by atomic mass is 9.98. The van der Waals surface area contributed by atoms with Crippen LogP contribution in [0.25, 0.3) is 0 Å². The van der Waals surface area contributed by atoms with E-state index in [4.69, 9.17) is 9.84 Å². The van der Waals surface area contributed by atoms with E-state index >= 15 is 0 Å². The van der Waals surface area contributed by atoms with Gasteiger partial charge in [0.25, 0.3) is 0 Å². The molecule has 1 N–H and O–H groups in total. The molecule has 0 radical (unpaired) electrons. The summed E-state index contributed by atoms with van der Waals surface area (Å²) in [4.78, 5) is 11.3. The number of pyridine rings is 2. The number of anilines is 3. The fourth-order valence-electron chi connectivity index (χ4n) is 3.88. The van der Waals surface area contributed by atoms with Crippen LogP contribution in [0.5, 0.6) is 0 Å². The first-order valence-corrected chi connectivity index (χ1v) is 10.5. The minimum Gasteiger partial charge on any atom is -0.381 e. The molecule has 4 heterocycles. The van der Waals surface area contributed by atoms with Crippen LogP contribution in [0.1, 0.15) is 42.5 Å². The molecule has 0 aliphatic carbocycles. The zero-order valence-corrected chi connectivity index (χ0v) is 18.2. The first kappa shape index (κ1) is 20.3. The van der Waals surface area contributed by atoms with Crippen molar-refractivity contribution < 1.29 is 4.74 Å². The van der Waals surface area contributed by atoms with E-state index in [0.717, 1.165) is 49.2 Å². The predicted molar refractivity (Wildman–Crippen MR) is 119 cm³/mol. The van der Waals surface area contributed by atoms with Crippen molar-refractivity contribution >= 4 is 17.5 Å². The minimum absolute atomic E-state index is 0.155. The number of rotatable bonds is 6. The summed E-state index contributed by atoms with van der Waals surface area (Å²) in [6.07, 6.45) is 5.79. The van der Waals surface area contributed by atoms with E-state index in [0.29, 0.717) is 6.04 Å². The summed E-state index contributed by atoms with van der Waals surface area (Å²) in [6.45, 7) is 5.89. The zero-order valence-electron chi connectivity index (χ0n) is 18.2. The molecule has 1 unspecified atom stereocenters. The molecule has 158 valence electrons. The van der Waals surface area contributed by atoms with Gasteiger partial charge in [-0.05, 0) is 55.2 Å². The molecule has 7 nitrogen and oxygen atoms in total. The van der Waals surface area contributed by atoms with Gasteiger partial charge in [-0.3, -0.25) is 4.68 Å². The van der Waals surface area contributed by atoms with Crippen molar-refractivity contribution in [1.82, 2.24) is 19.7 Å². The van der Waals surface area contributed by atoms with Gasteiger partial charge < -0.3 is 15.0 Å². The van der Waals surface area contributed by atoms with Crippen molar-refractivity contribution in [2.45, 2.75) is 38.6 Å². The second-order valence-electron chi connectivity index (χ2n) is 8.04. The van der Waals surface area contributed by atoms with Crippen molar-refractivity contribution in [2.75, 3.05) is 30.5 Å². The summed E-state index contributed by atoms with van der Waals surface area (Å²) >= 11 is 0. The minimum atomic E-state index is 0.155. The largest absolute Gasteiger partial charge is 0.381 e. The number of ether oxygens (including phenoxy) is 1. The Hall–Kier alpha value is -2.93. The zero-order chi connectivity index (χ0) is 21.1. The molecule has 1 aliphatic rings. The van der Waals surface area contributed by atoms with Crippen LogP contribution < -0.4 is 10.2 Å². The second-order valence-corrected chi connectivity index (χ2v) is 8.04. The molecule has 1 fully saturated rings. The normalized spacial score (nSPS) is 15.7. The first-order valence-electron chi connectivity index (χ1n) is 10.5. The van der Waals surface area contributed by atoms with Gasteiger partial charge >= 0.3 is 0 Å². The number of aromatic nitrogens is 4. The van der Waals surface area contributed by atoms with Crippen molar-refractivity contribution in [3.8, 4) is 0 Å². The summed E-state index contributed by atoms with van der Waals surface area (Å²) in [5.41, 5.74) is 3.39. The Morgan fingerprint density at radius 3 is 2.67 bits per heavy atom. The van der Waals surface area contributed by atoms with Crippen LogP contribution in [-0.4, -0.2) is 46.1 Å². The molecule has 3 aromatic rings. The number of hydrogen-bond acceptors (Lipinski definition) is 6. The van der Waals surface area contributed by atoms with Gasteiger partial charge in [0, 0.05) is 57.7 Å². The Morgan fingerprint density at radius 2 is 1.90 bits per heavy atom. The monoisotopic (exact) mass is 406 g/mol. The highest BCUT2D eigenvalue weighted by Crippen LogP contribution is 2.29. The fraction of sp³-hybridized carbons (Fsp3) is 0.435. The van der Waals surface area contributed by atoms with Crippen LogP contribution in [0.3, 0.4) is 0 Å². The smallest absolute Gasteiger partial charge is 0.131 e. The Balaban J connectivity index is 1.52. The maximum Gasteiger partial charge on any atom is 0.131 e. The van der Waals surface area contributed by atoms with E-state index in [1.54, 1.807) is 0 Å². The third-order valence-corrected chi connectivity index (χ3v) is 5.88. The van der Waals surface area contributed by atoms with Crippen molar-refractivity contribution in [1.29, 1.82) is 0 Å². The molecule has 0 spiro atoms. The van der Waals surface area contributed by atoms with Gasteiger partial charge in [-0.25, -0.2) is 9.97 Å². The molecule has 0 bridgehead atoms. The highest BCUT2D eigenvalue weighted by atomic mass is 16.5. The quantitative estimate of drug-likeness (QED) is 0.667. The van der Waals surface area contributed by atoms with Gasteiger partial charge in [-0.15, -0.1) is 0 Å². The van der Waals surface area contributed by atoms with E-state index in [1.165, 1.54) is 11.1 Å². The van der Waals surface area contributed by atoms with Crippen LogP contribution in [0.4, 0.5) is 17.5 Å². The van der Waals surface area contributed by atoms with Crippen LogP contribution >= 0.6 is 0 Å². The fourth-order valence-corrected chi connectivity index (χ4v) is 3.88. The highest BCUT2D eigenvalue weighted by Gasteiger charge is 2.21. The molecule has 0 aromatic carbocycles. The summed E-state index contributed by atoms with van der Waals surface area (Å²) in [5, 5.41) is 8.12. The average molecular weight is 407 g/mol. The molecular weight excluding hydrogens is 376 g/mol. The van der Waals surface area contributed by atoms with E-state index in [1.807, 2.05) is 36.3 Å². The summed E-state index contributed by atoms with van der Waals surface area (Å²) in [6, 6.07) is 10.8. The molecule has 1 aliphatic heterocycles. The molecule has 7 heteroatoms. The van der Waals surface area contributed by atoms with E-state index in [-0.39, 0.29) is 5.92 Å². The van der Waals surface area contributed by atoms with E-state index in [2.05, 4.69) is 59.3 Å². The molecule has 30 heavy (non-hydrogen) atoms.